The third kappa shape index (κ3) is 6.91. The minimum atomic E-state index is 0.665. The summed E-state index contributed by atoms with van der Waals surface area (Å²) < 4.78 is 0. The van der Waals surface area contributed by atoms with E-state index in [9.17, 15) is 0 Å². The Kier molecular flexibility index (Phi) is 9.38. The van der Waals surface area contributed by atoms with Crippen LogP contribution in [0.1, 0.15) is 115 Å². The second-order valence-electron chi connectivity index (χ2n) is 7.83. The zero-order chi connectivity index (χ0) is 17.0. The van der Waals surface area contributed by atoms with Gasteiger partial charge in [-0.1, -0.05) is 65.2 Å². The van der Waals surface area contributed by atoms with Gasteiger partial charge in [-0.3, -0.25) is 0 Å². The summed E-state index contributed by atoms with van der Waals surface area (Å²) in [4.78, 5) is 0. The van der Waals surface area contributed by atoms with E-state index >= 15 is 0 Å². The highest BCUT2D eigenvalue weighted by atomic mass is 15.1. The number of hydrogen-bond acceptors (Lipinski definition) is 2. The highest BCUT2D eigenvalue weighted by Gasteiger charge is 2.23. The molecule has 1 saturated carbocycles. The lowest BCUT2D eigenvalue weighted by atomic mass is 9.78. The number of aryl methyl sites for hydroxylation is 1. The molecule has 1 aromatic rings. The fraction of sp³-hybridized carbons (Fsp3) is 0.818. The van der Waals surface area contributed by atoms with Crippen LogP contribution in [0.15, 0.2) is 12.1 Å². The first-order valence-electron chi connectivity index (χ1n) is 10.7. The average Bonchev–Trinajstić information content (AvgIpc) is 2.63. The van der Waals surface area contributed by atoms with Crippen molar-refractivity contribution >= 4 is 0 Å². The summed E-state index contributed by atoms with van der Waals surface area (Å²) in [6, 6.07) is 4.49. The molecule has 0 unspecified atom stereocenters. The molecule has 1 fully saturated rings. The fourth-order valence-corrected chi connectivity index (χ4v) is 4.06. The summed E-state index contributed by atoms with van der Waals surface area (Å²) in [5.74, 6) is 1.64. The molecule has 136 valence electrons. The van der Waals surface area contributed by atoms with Crippen LogP contribution >= 0.6 is 0 Å². The van der Waals surface area contributed by atoms with E-state index in [0.717, 1.165) is 12.3 Å². The summed E-state index contributed by atoms with van der Waals surface area (Å²) in [6.07, 6.45) is 18.8. The molecular formula is C22H38N2. The van der Waals surface area contributed by atoms with Gasteiger partial charge in [0.15, 0.2) is 0 Å². The predicted molar refractivity (Wildman–Crippen MR) is 103 cm³/mol. The Morgan fingerprint density at radius 2 is 1.50 bits per heavy atom. The Balaban J connectivity index is 1.68. The number of nitrogens with zero attached hydrogens (tertiary/aromatic N) is 2. The number of aromatic nitrogens is 2. The van der Waals surface area contributed by atoms with Gasteiger partial charge in [0.2, 0.25) is 0 Å². The van der Waals surface area contributed by atoms with Gasteiger partial charge < -0.3 is 0 Å². The maximum absolute atomic E-state index is 4.57. The second kappa shape index (κ2) is 11.6. The van der Waals surface area contributed by atoms with Crippen molar-refractivity contribution in [3.05, 3.63) is 23.5 Å². The highest BCUT2D eigenvalue weighted by Crippen LogP contribution is 2.36. The molecule has 1 aliphatic carbocycles. The lowest BCUT2D eigenvalue weighted by Gasteiger charge is -2.28. The van der Waals surface area contributed by atoms with Crippen molar-refractivity contribution in [3.8, 4) is 0 Å². The fourth-order valence-electron chi connectivity index (χ4n) is 4.06. The highest BCUT2D eigenvalue weighted by molar-refractivity contribution is 5.12. The monoisotopic (exact) mass is 330 g/mol. The van der Waals surface area contributed by atoms with Crippen molar-refractivity contribution in [1.82, 2.24) is 10.2 Å². The molecular weight excluding hydrogens is 292 g/mol. The summed E-state index contributed by atoms with van der Waals surface area (Å²) in [7, 11) is 0. The van der Waals surface area contributed by atoms with E-state index in [2.05, 4.69) is 36.2 Å². The molecule has 2 rings (SSSR count). The zero-order valence-corrected chi connectivity index (χ0v) is 16.1. The van der Waals surface area contributed by atoms with Crippen LogP contribution in [0.25, 0.3) is 0 Å². The Bertz CT molecular complexity index is 418. The summed E-state index contributed by atoms with van der Waals surface area (Å²) in [5, 5.41) is 9.07. The molecule has 1 heterocycles. The molecule has 0 aliphatic heterocycles. The van der Waals surface area contributed by atoms with Gasteiger partial charge in [0.25, 0.3) is 0 Å². The van der Waals surface area contributed by atoms with Crippen LogP contribution in [0, 0.1) is 5.92 Å². The van der Waals surface area contributed by atoms with E-state index in [4.69, 9.17) is 0 Å². The molecule has 0 amide bonds. The first-order valence-corrected chi connectivity index (χ1v) is 10.7. The first kappa shape index (κ1) is 19.4. The third-order valence-electron chi connectivity index (χ3n) is 5.76. The van der Waals surface area contributed by atoms with E-state index in [1.807, 2.05) is 0 Å². The molecule has 0 saturated heterocycles. The minimum absolute atomic E-state index is 0.665. The Morgan fingerprint density at radius 3 is 2.17 bits per heavy atom. The maximum Gasteiger partial charge on any atom is 0.0662 e. The predicted octanol–water partition coefficient (Wildman–Crippen LogP) is 6.84. The Hall–Kier alpha value is -0.920. The van der Waals surface area contributed by atoms with Crippen LogP contribution in [0.2, 0.25) is 0 Å². The van der Waals surface area contributed by atoms with Crippen molar-refractivity contribution in [1.29, 1.82) is 0 Å². The van der Waals surface area contributed by atoms with E-state index in [-0.39, 0.29) is 0 Å². The lowest BCUT2D eigenvalue weighted by molar-refractivity contribution is 0.299. The number of rotatable bonds is 11. The molecule has 0 spiro atoms. The molecule has 24 heavy (non-hydrogen) atoms. The number of hydrogen-bond donors (Lipinski definition) is 0. The summed E-state index contributed by atoms with van der Waals surface area (Å²) >= 11 is 0. The van der Waals surface area contributed by atoms with Crippen LogP contribution in [-0.4, -0.2) is 10.2 Å². The quantitative estimate of drug-likeness (QED) is 0.415. The van der Waals surface area contributed by atoms with Gasteiger partial charge in [0.1, 0.15) is 0 Å². The van der Waals surface area contributed by atoms with Gasteiger partial charge in [-0.2, -0.15) is 10.2 Å². The lowest BCUT2D eigenvalue weighted by Crippen LogP contribution is -2.15. The molecule has 0 bridgehead atoms. The molecule has 0 atom stereocenters. The smallest absolute Gasteiger partial charge is 0.0662 e. The molecule has 0 aromatic carbocycles. The SMILES string of the molecule is CCCCCCCc1ccc(C2CCC(CCCCC)CC2)nn1. The van der Waals surface area contributed by atoms with E-state index in [0.29, 0.717) is 5.92 Å². The van der Waals surface area contributed by atoms with Crippen molar-refractivity contribution in [2.45, 2.75) is 110 Å². The van der Waals surface area contributed by atoms with Crippen molar-refractivity contribution < 1.29 is 0 Å². The van der Waals surface area contributed by atoms with Gasteiger partial charge in [0.05, 0.1) is 11.4 Å². The summed E-state index contributed by atoms with van der Waals surface area (Å²) in [6.45, 7) is 4.56. The van der Waals surface area contributed by atoms with Crippen LogP contribution in [-0.2, 0) is 6.42 Å². The standard InChI is InChI=1S/C22H38N2/c1-3-5-7-8-10-12-21-17-18-22(24-23-21)20-15-13-19(14-16-20)11-9-6-4-2/h17-20H,3-16H2,1-2H3. The minimum Gasteiger partial charge on any atom is -0.155 e. The van der Waals surface area contributed by atoms with Gasteiger partial charge in [0, 0.05) is 5.92 Å². The largest absolute Gasteiger partial charge is 0.155 e. The van der Waals surface area contributed by atoms with Gasteiger partial charge >= 0.3 is 0 Å². The van der Waals surface area contributed by atoms with Crippen LogP contribution in [0.5, 0.6) is 0 Å². The summed E-state index contributed by atoms with van der Waals surface area (Å²) in [5.41, 5.74) is 2.43. The molecule has 2 nitrogen and oxygen atoms in total. The van der Waals surface area contributed by atoms with Crippen LogP contribution < -0.4 is 0 Å². The molecule has 0 N–H and O–H groups in total. The first-order chi connectivity index (χ1) is 11.8. The molecule has 1 aliphatic rings. The molecule has 0 radical (unpaired) electrons. The second-order valence-corrected chi connectivity index (χ2v) is 7.83. The number of unbranched alkanes of at least 4 members (excludes halogenated alkanes) is 6. The van der Waals surface area contributed by atoms with Gasteiger partial charge in [-0.15, -0.1) is 0 Å². The van der Waals surface area contributed by atoms with E-state index in [1.54, 1.807) is 0 Å². The normalized spacial score (nSPS) is 21.1. The molecule has 1 aromatic heterocycles. The Labute approximate surface area is 149 Å². The zero-order valence-electron chi connectivity index (χ0n) is 16.1. The van der Waals surface area contributed by atoms with Crippen LogP contribution in [0.3, 0.4) is 0 Å². The third-order valence-corrected chi connectivity index (χ3v) is 5.76. The average molecular weight is 331 g/mol. The molecule has 2 heteroatoms. The maximum atomic E-state index is 4.57. The van der Waals surface area contributed by atoms with Crippen LogP contribution in [0.4, 0.5) is 0 Å². The van der Waals surface area contributed by atoms with Crippen molar-refractivity contribution in [3.63, 3.8) is 0 Å². The van der Waals surface area contributed by atoms with Gasteiger partial charge in [-0.05, 0) is 56.6 Å². The van der Waals surface area contributed by atoms with Crippen molar-refractivity contribution in [2.24, 2.45) is 5.92 Å². The van der Waals surface area contributed by atoms with E-state index in [1.165, 1.54) is 94.9 Å². The van der Waals surface area contributed by atoms with Gasteiger partial charge in [-0.25, -0.2) is 0 Å². The topological polar surface area (TPSA) is 25.8 Å². The van der Waals surface area contributed by atoms with Crippen molar-refractivity contribution in [2.75, 3.05) is 0 Å². The Morgan fingerprint density at radius 1 is 0.792 bits per heavy atom. The van der Waals surface area contributed by atoms with E-state index < -0.39 is 0 Å².